The fourth-order valence-electron chi connectivity index (χ4n) is 1.61. The SMILES string of the molecule is CCOC(OCC)C(CC)Sc1ccc(Cl)cc1. The van der Waals surface area contributed by atoms with Gasteiger partial charge in [0.05, 0.1) is 5.25 Å². The second-order valence-electron chi connectivity index (χ2n) is 3.80. The lowest BCUT2D eigenvalue weighted by Gasteiger charge is -2.25. The summed E-state index contributed by atoms with van der Waals surface area (Å²) >= 11 is 7.66. The van der Waals surface area contributed by atoms with E-state index in [2.05, 4.69) is 6.92 Å². The summed E-state index contributed by atoms with van der Waals surface area (Å²) in [6, 6.07) is 7.88. The Hall–Kier alpha value is -0.220. The van der Waals surface area contributed by atoms with Crippen LogP contribution in [-0.4, -0.2) is 24.8 Å². The number of ether oxygens (including phenoxy) is 2. The van der Waals surface area contributed by atoms with E-state index in [-0.39, 0.29) is 6.29 Å². The van der Waals surface area contributed by atoms with E-state index in [1.165, 1.54) is 4.90 Å². The van der Waals surface area contributed by atoms with Crippen molar-refractivity contribution in [1.29, 1.82) is 0 Å². The molecule has 0 saturated heterocycles. The van der Waals surface area contributed by atoms with Gasteiger partial charge >= 0.3 is 0 Å². The monoisotopic (exact) mass is 288 g/mol. The second-order valence-corrected chi connectivity index (χ2v) is 5.55. The van der Waals surface area contributed by atoms with Crippen molar-refractivity contribution in [3.63, 3.8) is 0 Å². The van der Waals surface area contributed by atoms with E-state index in [0.29, 0.717) is 18.5 Å². The Bertz CT molecular complexity index is 323. The van der Waals surface area contributed by atoms with E-state index in [9.17, 15) is 0 Å². The number of hydrogen-bond donors (Lipinski definition) is 0. The minimum atomic E-state index is -0.148. The summed E-state index contributed by atoms with van der Waals surface area (Å²) in [6.45, 7) is 7.47. The predicted molar refractivity (Wildman–Crippen MR) is 78.4 cm³/mol. The van der Waals surface area contributed by atoms with Gasteiger partial charge in [-0.05, 0) is 44.5 Å². The van der Waals surface area contributed by atoms with Gasteiger partial charge < -0.3 is 9.47 Å². The lowest BCUT2D eigenvalue weighted by Crippen LogP contribution is -2.29. The van der Waals surface area contributed by atoms with Crippen LogP contribution in [0.3, 0.4) is 0 Å². The molecule has 1 unspecified atom stereocenters. The standard InChI is InChI=1S/C14H21ClO2S/c1-4-13(14(16-5-2)17-6-3)18-12-9-7-11(15)8-10-12/h7-10,13-14H,4-6H2,1-3H3. The highest BCUT2D eigenvalue weighted by Crippen LogP contribution is 2.30. The molecule has 0 amide bonds. The third kappa shape index (κ3) is 5.19. The van der Waals surface area contributed by atoms with Crippen LogP contribution in [0.5, 0.6) is 0 Å². The maximum absolute atomic E-state index is 5.89. The summed E-state index contributed by atoms with van der Waals surface area (Å²) in [6.07, 6.45) is 0.850. The Balaban J connectivity index is 2.66. The molecule has 0 spiro atoms. The fourth-order valence-corrected chi connectivity index (χ4v) is 2.81. The van der Waals surface area contributed by atoms with Crippen LogP contribution in [0.2, 0.25) is 5.02 Å². The first-order valence-corrected chi connectivity index (χ1v) is 7.62. The van der Waals surface area contributed by atoms with Gasteiger partial charge in [-0.1, -0.05) is 18.5 Å². The Morgan fingerprint density at radius 2 is 1.61 bits per heavy atom. The molecule has 1 aromatic rings. The number of hydrogen-bond acceptors (Lipinski definition) is 3. The number of thioether (sulfide) groups is 1. The zero-order chi connectivity index (χ0) is 13.4. The van der Waals surface area contributed by atoms with Crippen LogP contribution in [0.4, 0.5) is 0 Å². The molecule has 0 aliphatic carbocycles. The molecule has 0 aromatic heterocycles. The van der Waals surface area contributed by atoms with Crippen LogP contribution in [-0.2, 0) is 9.47 Å². The minimum Gasteiger partial charge on any atom is -0.352 e. The van der Waals surface area contributed by atoms with Gasteiger partial charge in [-0.25, -0.2) is 0 Å². The second kappa shape index (κ2) is 8.81. The van der Waals surface area contributed by atoms with E-state index in [1.54, 1.807) is 11.8 Å². The van der Waals surface area contributed by atoms with Crippen molar-refractivity contribution in [1.82, 2.24) is 0 Å². The van der Waals surface area contributed by atoms with Crippen LogP contribution in [0.25, 0.3) is 0 Å². The number of rotatable bonds is 8. The maximum atomic E-state index is 5.89. The molecule has 1 rings (SSSR count). The molecule has 0 fully saturated rings. The molecule has 0 radical (unpaired) electrons. The van der Waals surface area contributed by atoms with Crippen molar-refractivity contribution >= 4 is 23.4 Å². The van der Waals surface area contributed by atoms with Gasteiger partial charge in [0.2, 0.25) is 0 Å². The third-order valence-electron chi connectivity index (χ3n) is 2.47. The molecule has 0 saturated carbocycles. The largest absolute Gasteiger partial charge is 0.352 e. The van der Waals surface area contributed by atoms with Crippen molar-refractivity contribution in [3.05, 3.63) is 29.3 Å². The summed E-state index contributed by atoms with van der Waals surface area (Å²) in [5, 5.41) is 1.06. The average molecular weight is 289 g/mol. The smallest absolute Gasteiger partial charge is 0.169 e. The first-order chi connectivity index (χ1) is 8.71. The first kappa shape index (κ1) is 15.8. The van der Waals surface area contributed by atoms with Crippen molar-refractivity contribution in [2.24, 2.45) is 0 Å². The Labute approximate surface area is 119 Å². The van der Waals surface area contributed by atoms with Gasteiger partial charge in [-0.3, -0.25) is 0 Å². The molecule has 0 bridgehead atoms. The van der Waals surface area contributed by atoms with Crippen molar-refractivity contribution in [2.75, 3.05) is 13.2 Å². The summed E-state index contributed by atoms with van der Waals surface area (Å²) < 4.78 is 11.3. The molecule has 0 N–H and O–H groups in total. The van der Waals surface area contributed by atoms with Gasteiger partial charge in [0, 0.05) is 23.1 Å². The minimum absolute atomic E-state index is 0.148. The zero-order valence-electron chi connectivity index (χ0n) is 11.2. The van der Waals surface area contributed by atoms with E-state index < -0.39 is 0 Å². The van der Waals surface area contributed by atoms with E-state index in [1.807, 2.05) is 38.1 Å². The fraction of sp³-hybridized carbons (Fsp3) is 0.571. The molecule has 18 heavy (non-hydrogen) atoms. The lowest BCUT2D eigenvalue weighted by molar-refractivity contribution is -0.135. The molecule has 0 aliphatic heterocycles. The lowest BCUT2D eigenvalue weighted by atomic mass is 10.3. The van der Waals surface area contributed by atoms with Gasteiger partial charge in [0.1, 0.15) is 0 Å². The van der Waals surface area contributed by atoms with E-state index >= 15 is 0 Å². The highest BCUT2D eigenvalue weighted by atomic mass is 35.5. The quantitative estimate of drug-likeness (QED) is 0.514. The topological polar surface area (TPSA) is 18.5 Å². The van der Waals surface area contributed by atoms with Crippen LogP contribution in [0, 0.1) is 0 Å². The first-order valence-electron chi connectivity index (χ1n) is 6.36. The number of benzene rings is 1. The molecular formula is C14H21ClO2S. The Kier molecular flexibility index (Phi) is 7.75. The third-order valence-corrected chi connectivity index (χ3v) is 4.12. The van der Waals surface area contributed by atoms with Crippen molar-refractivity contribution in [2.45, 2.75) is 43.6 Å². The Morgan fingerprint density at radius 3 is 2.06 bits per heavy atom. The molecule has 4 heteroatoms. The number of halogens is 1. The summed E-state index contributed by atoms with van der Waals surface area (Å²) in [5.41, 5.74) is 0. The van der Waals surface area contributed by atoms with Crippen molar-refractivity contribution in [3.8, 4) is 0 Å². The van der Waals surface area contributed by atoms with Crippen LogP contribution < -0.4 is 0 Å². The molecule has 1 atom stereocenters. The average Bonchev–Trinajstić information content (AvgIpc) is 2.38. The highest BCUT2D eigenvalue weighted by molar-refractivity contribution is 8.00. The van der Waals surface area contributed by atoms with Crippen LogP contribution in [0.15, 0.2) is 29.2 Å². The van der Waals surface area contributed by atoms with Crippen LogP contribution >= 0.6 is 23.4 Å². The van der Waals surface area contributed by atoms with Crippen molar-refractivity contribution < 1.29 is 9.47 Å². The summed E-state index contributed by atoms with van der Waals surface area (Å²) in [7, 11) is 0. The van der Waals surface area contributed by atoms with Crippen LogP contribution in [0.1, 0.15) is 27.2 Å². The molecule has 1 aromatic carbocycles. The molecule has 0 heterocycles. The molecule has 0 aliphatic rings. The highest BCUT2D eigenvalue weighted by Gasteiger charge is 2.21. The predicted octanol–water partition coefficient (Wildman–Crippen LogP) is 4.61. The van der Waals surface area contributed by atoms with Gasteiger partial charge in [-0.15, -0.1) is 11.8 Å². The summed E-state index contributed by atoms with van der Waals surface area (Å²) in [5.74, 6) is 0. The normalized spacial score (nSPS) is 12.9. The molecule has 102 valence electrons. The van der Waals surface area contributed by atoms with E-state index in [0.717, 1.165) is 11.4 Å². The zero-order valence-corrected chi connectivity index (χ0v) is 12.8. The Morgan fingerprint density at radius 1 is 1.06 bits per heavy atom. The van der Waals surface area contributed by atoms with E-state index in [4.69, 9.17) is 21.1 Å². The summed E-state index contributed by atoms with van der Waals surface area (Å²) in [4.78, 5) is 1.19. The molecule has 2 nitrogen and oxygen atoms in total. The van der Waals surface area contributed by atoms with Gasteiger partial charge in [0.25, 0.3) is 0 Å². The molecular weight excluding hydrogens is 268 g/mol. The van der Waals surface area contributed by atoms with Gasteiger partial charge in [-0.2, -0.15) is 0 Å². The maximum Gasteiger partial charge on any atom is 0.169 e. The van der Waals surface area contributed by atoms with Gasteiger partial charge in [0.15, 0.2) is 6.29 Å².